The van der Waals surface area contributed by atoms with Crippen molar-refractivity contribution >= 4 is 16.7 Å². The number of nitrogens with two attached hydrogens (primary N) is 1. The fourth-order valence-corrected chi connectivity index (χ4v) is 4.51. The quantitative estimate of drug-likeness (QED) is 0.377. The molecule has 0 aliphatic carbocycles. The van der Waals surface area contributed by atoms with Crippen molar-refractivity contribution in [3.05, 3.63) is 75.5 Å². The Balaban J connectivity index is 1.36. The molecule has 37 heavy (non-hydrogen) atoms. The van der Waals surface area contributed by atoms with Gasteiger partial charge in [-0.3, -0.25) is 14.5 Å². The first-order valence-corrected chi connectivity index (χ1v) is 12.7. The topological polar surface area (TPSA) is 114 Å². The van der Waals surface area contributed by atoms with E-state index in [4.69, 9.17) is 15.2 Å². The standard InChI is InChI=1S/C27H34FN5O4/c28-24-7-6-20(19-25-21-4-1-2-5-22(21)26(34)31-30-25)18-23(24)27(35)33-10-3-9-32(11-12-33)13-15-37-17-16-36-14-8-29/h1-2,4-7,18H,3,8-17,19,29H2,(H,31,34). The van der Waals surface area contributed by atoms with Gasteiger partial charge in [-0.05, 0) is 36.7 Å². The van der Waals surface area contributed by atoms with Gasteiger partial charge in [0.25, 0.3) is 11.5 Å². The number of carbonyl (C=O) groups excluding carboxylic acids is 1. The number of aromatic nitrogens is 2. The Hall–Kier alpha value is -3.18. The first-order chi connectivity index (χ1) is 18.1. The Morgan fingerprint density at radius 2 is 1.78 bits per heavy atom. The van der Waals surface area contributed by atoms with Crippen molar-refractivity contribution in [3.8, 4) is 0 Å². The molecule has 3 N–H and O–H groups in total. The van der Waals surface area contributed by atoms with E-state index in [9.17, 15) is 14.0 Å². The van der Waals surface area contributed by atoms with E-state index in [2.05, 4.69) is 15.1 Å². The molecule has 198 valence electrons. The number of rotatable bonds is 11. The molecule has 1 amide bonds. The SMILES string of the molecule is NCCOCCOCCN1CCCN(C(=O)c2cc(Cc3n[nH]c(=O)c4ccccc34)ccc2F)CC1. The summed E-state index contributed by atoms with van der Waals surface area (Å²) in [4.78, 5) is 29.3. The van der Waals surface area contributed by atoms with Crippen LogP contribution >= 0.6 is 0 Å². The Morgan fingerprint density at radius 1 is 1.00 bits per heavy atom. The normalized spacial score (nSPS) is 14.7. The van der Waals surface area contributed by atoms with Gasteiger partial charge in [-0.1, -0.05) is 24.3 Å². The summed E-state index contributed by atoms with van der Waals surface area (Å²) in [5.74, 6) is -0.854. The second-order valence-electron chi connectivity index (χ2n) is 9.04. The first kappa shape index (κ1) is 26.9. The van der Waals surface area contributed by atoms with Crippen LogP contribution in [0.15, 0.2) is 47.3 Å². The molecule has 0 saturated carbocycles. The second-order valence-corrected chi connectivity index (χ2v) is 9.04. The third-order valence-electron chi connectivity index (χ3n) is 6.47. The molecule has 0 bridgehead atoms. The van der Waals surface area contributed by atoms with Crippen LogP contribution in [0.3, 0.4) is 0 Å². The van der Waals surface area contributed by atoms with Crippen LogP contribution in [0.2, 0.25) is 0 Å². The molecule has 1 fully saturated rings. The molecular weight excluding hydrogens is 477 g/mol. The van der Waals surface area contributed by atoms with Gasteiger partial charge in [0.15, 0.2) is 0 Å². The maximum Gasteiger partial charge on any atom is 0.272 e. The third-order valence-corrected chi connectivity index (χ3v) is 6.47. The molecule has 1 aliphatic rings. The molecule has 1 aliphatic heterocycles. The summed E-state index contributed by atoms with van der Waals surface area (Å²) in [5, 5.41) is 8.01. The highest BCUT2D eigenvalue weighted by Gasteiger charge is 2.23. The molecule has 2 heterocycles. The van der Waals surface area contributed by atoms with Crippen LogP contribution in [0.4, 0.5) is 4.39 Å². The van der Waals surface area contributed by atoms with Crippen molar-refractivity contribution in [2.45, 2.75) is 12.8 Å². The lowest BCUT2D eigenvalue weighted by Gasteiger charge is -2.22. The van der Waals surface area contributed by atoms with Crippen molar-refractivity contribution in [2.24, 2.45) is 5.73 Å². The predicted octanol–water partition coefficient (Wildman–Crippen LogP) is 1.79. The Morgan fingerprint density at radius 3 is 2.59 bits per heavy atom. The highest BCUT2D eigenvalue weighted by molar-refractivity contribution is 5.94. The van der Waals surface area contributed by atoms with Gasteiger partial charge in [0.2, 0.25) is 0 Å². The second kappa shape index (κ2) is 13.4. The van der Waals surface area contributed by atoms with E-state index in [1.165, 1.54) is 6.07 Å². The largest absolute Gasteiger partial charge is 0.378 e. The van der Waals surface area contributed by atoms with Crippen LogP contribution < -0.4 is 11.3 Å². The van der Waals surface area contributed by atoms with E-state index < -0.39 is 5.82 Å². The molecule has 0 radical (unpaired) electrons. The maximum atomic E-state index is 14.8. The summed E-state index contributed by atoms with van der Waals surface area (Å²) in [6.07, 6.45) is 1.17. The average Bonchev–Trinajstić information content (AvgIpc) is 3.16. The number of amides is 1. The van der Waals surface area contributed by atoms with Crippen molar-refractivity contribution < 1.29 is 18.7 Å². The zero-order chi connectivity index (χ0) is 26.0. The number of nitrogens with one attached hydrogen (secondary N) is 1. The fourth-order valence-electron chi connectivity index (χ4n) is 4.51. The van der Waals surface area contributed by atoms with Gasteiger partial charge in [0, 0.05) is 44.5 Å². The van der Waals surface area contributed by atoms with Gasteiger partial charge in [0.05, 0.1) is 43.1 Å². The molecule has 0 unspecified atom stereocenters. The smallest absolute Gasteiger partial charge is 0.272 e. The lowest BCUT2D eigenvalue weighted by molar-refractivity contribution is 0.0413. The zero-order valence-corrected chi connectivity index (χ0v) is 21.0. The molecule has 10 heteroatoms. The molecule has 9 nitrogen and oxygen atoms in total. The summed E-state index contributed by atoms with van der Waals surface area (Å²) in [5.41, 5.74) is 6.60. The lowest BCUT2D eigenvalue weighted by atomic mass is 10.0. The minimum absolute atomic E-state index is 0.0560. The summed E-state index contributed by atoms with van der Waals surface area (Å²) in [6.45, 7) is 6.08. The lowest BCUT2D eigenvalue weighted by Crippen LogP contribution is -2.36. The van der Waals surface area contributed by atoms with E-state index >= 15 is 0 Å². The number of H-pyrrole nitrogens is 1. The van der Waals surface area contributed by atoms with Gasteiger partial charge in [-0.25, -0.2) is 9.49 Å². The zero-order valence-electron chi connectivity index (χ0n) is 21.0. The van der Waals surface area contributed by atoms with Crippen LogP contribution in [-0.2, 0) is 15.9 Å². The average molecular weight is 512 g/mol. The number of aromatic amines is 1. The van der Waals surface area contributed by atoms with E-state index in [1.54, 1.807) is 29.2 Å². The van der Waals surface area contributed by atoms with E-state index in [1.807, 2.05) is 12.1 Å². The van der Waals surface area contributed by atoms with Crippen LogP contribution in [-0.4, -0.2) is 91.6 Å². The first-order valence-electron chi connectivity index (χ1n) is 12.7. The van der Waals surface area contributed by atoms with E-state index in [0.29, 0.717) is 70.1 Å². The number of fused-ring (bicyclic) bond motifs is 1. The monoisotopic (exact) mass is 511 g/mol. The molecule has 2 aromatic carbocycles. The van der Waals surface area contributed by atoms with E-state index in [0.717, 1.165) is 30.5 Å². The van der Waals surface area contributed by atoms with Crippen LogP contribution in [0.25, 0.3) is 10.8 Å². The number of nitrogens with zero attached hydrogens (tertiary/aromatic N) is 3. The number of carbonyl (C=O) groups is 1. The summed E-state index contributed by atoms with van der Waals surface area (Å²) < 4.78 is 25.7. The van der Waals surface area contributed by atoms with Gasteiger partial charge in [-0.15, -0.1) is 0 Å². The van der Waals surface area contributed by atoms with Crippen molar-refractivity contribution in [1.29, 1.82) is 0 Å². The van der Waals surface area contributed by atoms with E-state index in [-0.39, 0.29) is 17.0 Å². The third kappa shape index (κ3) is 7.20. The molecule has 3 aromatic rings. The number of hydrogen-bond donors (Lipinski definition) is 2. The Kier molecular flexibility index (Phi) is 9.72. The van der Waals surface area contributed by atoms with Gasteiger partial charge >= 0.3 is 0 Å². The van der Waals surface area contributed by atoms with Gasteiger partial charge < -0.3 is 20.1 Å². The summed E-state index contributed by atoms with van der Waals surface area (Å²) in [7, 11) is 0. The fraction of sp³-hybridized carbons (Fsp3) is 0.444. The molecule has 4 rings (SSSR count). The number of hydrogen-bond acceptors (Lipinski definition) is 7. The Labute approximate surface area is 215 Å². The number of halogens is 1. The van der Waals surface area contributed by atoms with Crippen LogP contribution in [0, 0.1) is 5.82 Å². The molecular formula is C27H34FN5O4. The molecule has 1 aromatic heterocycles. The molecule has 0 spiro atoms. The minimum atomic E-state index is -0.542. The predicted molar refractivity (Wildman–Crippen MR) is 139 cm³/mol. The Bertz CT molecular complexity index is 1250. The summed E-state index contributed by atoms with van der Waals surface area (Å²) >= 11 is 0. The summed E-state index contributed by atoms with van der Waals surface area (Å²) in [6, 6.07) is 11.8. The highest BCUT2D eigenvalue weighted by Crippen LogP contribution is 2.20. The maximum absolute atomic E-state index is 14.8. The van der Waals surface area contributed by atoms with Crippen molar-refractivity contribution in [3.63, 3.8) is 0 Å². The van der Waals surface area contributed by atoms with Crippen molar-refractivity contribution in [2.75, 3.05) is 65.7 Å². The minimum Gasteiger partial charge on any atom is -0.378 e. The number of ether oxygens (including phenoxy) is 2. The molecule has 1 saturated heterocycles. The number of benzene rings is 2. The van der Waals surface area contributed by atoms with Crippen LogP contribution in [0.5, 0.6) is 0 Å². The van der Waals surface area contributed by atoms with Gasteiger partial charge in [0.1, 0.15) is 5.82 Å². The highest BCUT2D eigenvalue weighted by atomic mass is 19.1. The van der Waals surface area contributed by atoms with Crippen LogP contribution in [0.1, 0.15) is 28.0 Å². The van der Waals surface area contributed by atoms with Gasteiger partial charge in [-0.2, -0.15) is 5.10 Å². The van der Waals surface area contributed by atoms with Crippen molar-refractivity contribution in [1.82, 2.24) is 20.0 Å². The molecule has 0 atom stereocenters.